The number of aryl methyl sites for hydroxylation is 1. The molecule has 0 unspecified atom stereocenters. The molecule has 0 saturated heterocycles. The lowest BCUT2D eigenvalue weighted by atomic mass is 9.80. The quantitative estimate of drug-likeness (QED) is 0.438. The molecule has 29 heavy (non-hydrogen) atoms. The molecule has 1 fully saturated rings. The van der Waals surface area contributed by atoms with Gasteiger partial charge in [0.2, 0.25) is 0 Å². The Morgan fingerprint density at radius 2 is 1.55 bits per heavy atom. The third-order valence-electron chi connectivity index (χ3n) is 6.22. The highest BCUT2D eigenvalue weighted by Gasteiger charge is 2.83. The average molecular weight is 425 g/mol. The highest BCUT2D eigenvalue weighted by Crippen LogP contribution is 2.77. The maximum Gasteiger partial charge on any atom is 0.174 e. The van der Waals surface area contributed by atoms with Crippen molar-refractivity contribution in [2.75, 3.05) is 6.61 Å². The Morgan fingerprint density at radius 1 is 0.897 bits per heavy atom. The molecule has 2 aliphatic rings. The molecule has 148 valence electrons. The molecule has 0 amide bonds. The van der Waals surface area contributed by atoms with Crippen molar-refractivity contribution in [3.63, 3.8) is 0 Å². The fourth-order valence-corrected chi connectivity index (χ4v) is 5.82. The molecule has 1 heterocycles. The highest BCUT2D eigenvalue weighted by atomic mass is 35.5. The second kappa shape index (κ2) is 6.68. The average Bonchev–Trinajstić information content (AvgIpc) is 3.23. The molecule has 0 N–H and O–H groups in total. The van der Waals surface area contributed by atoms with Crippen LogP contribution in [0.25, 0.3) is 0 Å². The van der Waals surface area contributed by atoms with E-state index in [0.29, 0.717) is 6.61 Å². The molecule has 3 aromatic rings. The van der Waals surface area contributed by atoms with Gasteiger partial charge in [-0.2, -0.15) is 0 Å². The first-order chi connectivity index (χ1) is 14.0. The fraction of sp³-hybridized carbons (Fsp3) is 0.280. The minimum atomic E-state index is -1.04. The second-order valence-corrected chi connectivity index (χ2v) is 9.15. The fourth-order valence-electron chi connectivity index (χ4n) is 4.84. The monoisotopic (exact) mass is 424 g/mol. The van der Waals surface area contributed by atoms with Crippen molar-refractivity contribution in [1.29, 1.82) is 0 Å². The largest absolute Gasteiger partial charge is 0.494 e. The molecule has 0 spiro atoms. The number of alkyl halides is 2. The smallest absolute Gasteiger partial charge is 0.174 e. The van der Waals surface area contributed by atoms with E-state index in [1.807, 2.05) is 49.4 Å². The van der Waals surface area contributed by atoms with Gasteiger partial charge in [-0.3, -0.25) is 0 Å². The standard InChI is InChI=1S/C25H22Cl2O2/c1-3-28-18-14-12-17(13-15-18)24-23(25(24,26)27)22(19-9-5-4-8-16(19)2)20-10-6-7-11-21(20)29-24/h4-15,22-23H,3H2,1-2H3/t22-,23-,24-/m0/s1. The van der Waals surface area contributed by atoms with Crippen LogP contribution in [-0.4, -0.2) is 10.9 Å². The van der Waals surface area contributed by atoms with Gasteiger partial charge in [-0.25, -0.2) is 0 Å². The van der Waals surface area contributed by atoms with E-state index < -0.39 is 9.93 Å². The van der Waals surface area contributed by atoms with E-state index in [9.17, 15) is 0 Å². The van der Waals surface area contributed by atoms with Crippen LogP contribution < -0.4 is 9.47 Å². The Bertz CT molecular complexity index is 1060. The molecule has 1 aliphatic heterocycles. The number of para-hydroxylation sites is 1. The normalized spacial score (nSPS) is 26.1. The van der Waals surface area contributed by atoms with E-state index in [1.54, 1.807) is 0 Å². The maximum atomic E-state index is 7.00. The van der Waals surface area contributed by atoms with Gasteiger partial charge < -0.3 is 9.47 Å². The van der Waals surface area contributed by atoms with Crippen LogP contribution in [-0.2, 0) is 5.60 Å². The predicted molar refractivity (Wildman–Crippen MR) is 117 cm³/mol. The molecule has 0 aromatic heterocycles. The number of halogens is 2. The summed E-state index contributed by atoms with van der Waals surface area (Å²) in [5.41, 5.74) is 3.79. The van der Waals surface area contributed by atoms with Gasteiger partial charge in [0, 0.05) is 11.5 Å². The van der Waals surface area contributed by atoms with Crippen molar-refractivity contribution >= 4 is 23.2 Å². The van der Waals surface area contributed by atoms with Crippen molar-refractivity contribution in [1.82, 2.24) is 0 Å². The summed E-state index contributed by atoms with van der Waals surface area (Å²) >= 11 is 14.0. The van der Waals surface area contributed by atoms with Crippen LogP contribution >= 0.6 is 23.2 Å². The lowest BCUT2D eigenvalue weighted by molar-refractivity contribution is 0.137. The van der Waals surface area contributed by atoms with Crippen LogP contribution in [0.15, 0.2) is 72.8 Å². The Hall–Kier alpha value is -2.16. The first-order valence-corrected chi connectivity index (χ1v) is 10.7. The topological polar surface area (TPSA) is 18.5 Å². The number of hydrogen-bond donors (Lipinski definition) is 0. The van der Waals surface area contributed by atoms with Crippen LogP contribution in [0.1, 0.15) is 35.1 Å². The van der Waals surface area contributed by atoms with Crippen molar-refractivity contribution in [3.8, 4) is 11.5 Å². The van der Waals surface area contributed by atoms with Gasteiger partial charge >= 0.3 is 0 Å². The van der Waals surface area contributed by atoms with Gasteiger partial charge in [-0.05, 0) is 48.7 Å². The van der Waals surface area contributed by atoms with E-state index in [2.05, 4.69) is 37.3 Å². The van der Waals surface area contributed by atoms with E-state index in [4.69, 9.17) is 32.7 Å². The lowest BCUT2D eigenvalue weighted by Gasteiger charge is -2.32. The summed E-state index contributed by atoms with van der Waals surface area (Å²) in [7, 11) is 0. The Morgan fingerprint density at radius 3 is 2.24 bits per heavy atom. The van der Waals surface area contributed by atoms with Crippen LogP contribution in [0, 0.1) is 12.8 Å². The minimum Gasteiger partial charge on any atom is -0.494 e. The molecule has 5 rings (SSSR count). The summed E-state index contributed by atoms with van der Waals surface area (Å²) in [5.74, 6) is 1.63. The third kappa shape index (κ3) is 2.62. The number of rotatable bonds is 4. The van der Waals surface area contributed by atoms with Crippen molar-refractivity contribution in [2.45, 2.75) is 29.7 Å². The minimum absolute atomic E-state index is 0.0581. The van der Waals surface area contributed by atoms with Crippen LogP contribution in [0.4, 0.5) is 0 Å². The molecule has 3 atom stereocenters. The van der Waals surface area contributed by atoms with Gasteiger partial charge in [-0.1, -0.05) is 77.8 Å². The molecule has 1 aliphatic carbocycles. The Kier molecular flexibility index (Phi) is 4.34. The molecule has 4 heteroatoms. The van der Waals surface area contributed by atoms with E-state index in [1.165, 1.54) is 11.1 Å². The van der Waals surface area contributed by atoms with Crippen molar-refractivity contribution in [2.24, 2.45) is 5.92 Å². The maximum absolute atomic E-state index is 7.00. The van der Waals surface area contributed by atoms with Gasteiger partial charge in [0.25, 0.3) is 0 Å². The van der Waals surface area contributed by atoms with Crippen LogP contribution in [0.3, 0.4) is 0 Å². The van der Waals surface area contributed by atoms with Gasteiger partial charge in [0.1, 0.15) is 11.5 Å². The summed E-state index contributed by atoms with van der Waals surface area (Å²) in [4.78, 5) is 0. The molecular weight excluding hydrogens is 403 g/mol. The van der Waals surface area contributed by atoms with Gasteiger partial charge in [0.15, 0.2) is 9.93 Å². The Labute approximate surface area is 181 Å². The first kappa shape index (κ1) is 18.8. The molecule has 0 bridgehead atoms. The zero-order valence-corrected chi connectivity index (χ0v) is 17.9. The zero-order chi connectivity index (χ0) is 20.2. The number of benzene rings is 3. The second-order valence-electron chi connectivity index (χ2n) is 7.77. The molecule has 1 saturated carbocycles. The molecule has 2 nitrogen and oxygen atoms in total. The van der Waals surface area contributed by atoms with Gasteiger partial charge in [0.05, 0.1) is 12.5 Å². The number of hydrogen-bond acceptors (Lipinski definition) is 2. The summed E-state index contributed by atoms with van der Waals surface area (Å²) in [6.07, 6.45) is 0. The highest BCUT2D eigenvalue weighted by molar-refractivity contribution is 6.52. The van der Waals surface area contributed by atoms with E-state index in [-0.39, 0.29) is 11.8 Å². The van der Waals surface area contributed by atoms with Crippen molar-refractivity contribution in [3.05, 3.63) is 95.1 Å². The summed E-state index contributed by atoms with van der Waals surface area (Å²) in [5, 5.41) is 0. The summed E-state index contributed by atoms with van der Waals surface area (Å²) < 4.78 is 11.1. The lowest BCUT2D eigenvalue weighted by Crippen LogP contribution is -2.29. The summed E-state index contributed by atoms with van der Waals surface area (Å²) in [6.45, 7) is 4.74. The molecule has 0 radical (unpaired) electrons. The van der Waals surface area contributed by atoms with Crippen LogP contribution in [0.2, 0.25) is 0 Å². The first-order valence-electron chi connectivity index (χ1n) is 9.95. The predicted octanol–water partition coefficient (Wildman–Crippen LogP) is 6.62. The molecular formula is C25H22Cl2O2. The van der Waals surface area contributed by atoms with Crippen molar-refractivity contribution < 1.29 is 9.47 Å². The van der Waals surface area contributed by atoms with E-state index in [0.717, 1.165) is 22.6 Å². The zero-order valence-electron chi connectivity index (χ0n) is 16.4. The number of fused-ring (bicyclic) bond motifs is 2. The molecule has 3 aromatic carbocycles. The van der Waals surface area contributed by atoms with Gasteiger partial charge in [-0.15, -0.1) is 0 Å². The third-order valence-corrected chi connectivity index (χ3v) is 7.25. The Balaban J connectivity index is 1.68. The van der Waals surface area contributed by atoms with Crippen LogP contribution in [0.5, 0.6) is 11.5 Å². The number of ether oxygens (including phenoxy) is 2. The summed E-state index contributed by atoms with van der Waals surface area (Å²) in [6, 6.07) is 24.6. The SMILES string of the molecule is CCOc1ccc([C@]23Oc4ccccc4[C@H](c4ccccc4C)[C@@H]2C3(Cl)Cl)cc1. The van der Waals surface area contributed by atoms with E-state index >= 15 is 0 Å².